The van der Waals surface area contributed by atoms with Crippen LogP contribution in [0, 0.1) is 5.41 Å². The molecule has 0 spiro atoms. The van der Waals surface area contributed by atoms with Crippen molar-refractivity contribution < 1.29 is 13.4 Å². The summed E-state index contributed by atoms with van der Waals surface area (Å²) in [6, 6.07) is 17.5. The summed E-state index contributed by atoms with van der Waals surface area (Å²) in [7, 11) is -3.39. The van der Waals surface area contributed by atoms with E-state index in [2.05, 4.69) is 39.2 Å². The van der Waals surface area contributed by atoms with Crippen molar-refractivity contribution in [1.82, 2.24) is 5.32 Å². The van der Waals surface area contributed by atoms with Crippen molar-refractivity contribution in [3.05, 3.63) is 65.7 Å². The zero-order valence-corrected chi connectivity index (χ0v) is 23.5. The number of benzene rings is 2. The zero-order chi connectivity index (χ0) is 25.0. The van der Waals surface area contributed by atoms with Crippen LogP contribution in [0.2, 0.25) is 18.1 Å². The molecule has 0 radical (unpaired) electrons. The second-order valence-electron chi connectivity index (χ2n) is 11.3. The molecule has 3 atom stereocenters. The average Bonchev–Trinajstić information content (AvgIpc) is 2.72. The lowest BCUT2D eigenvalue weighted by atomic mass is 9.94. The zero-order valence-electron chi connectivity index (χ0n) is 21.7. The number of carbonyl (C=O) groups is 1. The van der Waals surface area contributed by atoms with Crippen LogP contribution < -0.4 is 5.32 Å². The Hall–Kier alpha value is -1.76. The van der Waals surface area contributed by atoms with Crippen LogP contribution in [0.15, 0.2) is 59.5 Å². The smallest absolute Gasteiger partial charge is 0.225 e. The molecule has 0 unspecified atom stereocenters. The minimum atomic E-state index is -2.09. The Bertz CT molecular complexity index is 961. The van der Waals surface area contributed by atoms with Crippen LogP contribution in [-0.2, 0) is 20.0 Å². The van der Waals surface area contributed by atoms with E-state index in [1.165, 1.54) is 0 Å². The standard InChI is InChI=1S/C27H41NO3SSi/c1-20(28-25(29)26(2,3)4)22-17-13-14-18-24(22)32(30)19-23(21-15-11-10-12-16-21)31-33(8,9)27(5,6)7/h10-18,20,23H,19H2,1-9H3,(H,28,29)/t20-,23+,32+/m1/s1. The van der Waals surface area contributed by atoms with Crippen LogP contribution >= 0.6 is 0 Å². The molecule has 0 bridgehead atoms. The van der Waals surface area contributed by atoms with Crippen molar-refractivity contribution in [2.45, 2.75) is 83.6 Å². The summed E-state index contributed by atoms with van der Waals surface area (Å²) in [5.41, 5.74) is 1.44. The van der Waals surface area contributed by atoms with Gasteiger partial charge in [-0.15, -0.1) is 0 Å². The molecule has 1 N–H and O–H groups in total. The third-order valence-electron chi connectivity index (χ3n) is 6.38. The van der Waals surface area contributed by atoms with Gasteiger partial charge in [0.25, 0.3) is 0 Å². The number of carbonyl (C=O) groups excluding carboxylic acids is 1. The predicted octanol–water partition coefficient (Wildman–Crippen LogP) is 6.78. The van der Waals surface area contributed by atoms with E-state index in [4.69, 9.17) is 4.43 Å². The quantitative estimate of drug-likeness (QED) is 0.418. The Morgan fingerprint density at radius 2 is 1.52 bits per heavy atom. The van der Waals surface area contributed by atoms with Crippen molar-refractivity contribution in [3.63, 3.8) is 0 Å². The molecule has 0 aliphatic rings. The first-order valence-electron chi connectivity index (χ1n) is 11.6. The van der Waals surface area contributed by atoms with Gasteiger partial charge in [0.05, 0.1) is 28.7 Å². The largest absolute Gasteiger partial charge is 0.409 e. The number of rotatable bonds is 8. The summed E-state index contributed by atoms with van der Waals surface area (Å²) in [6.45, 7) is 18.7. The summed E-state index contributed by atoms with van der Waals surface area (Å²) >= 11 is 0. The monoisotopic (exact) mass is 487 g/mol. The van der Waals surface area contributed by atoms with Gasteiger partial charge in [-0.2, -0.15) is 0 Å². The Labute approximate surface area is 204 Å². The van der Waals surface area contributed by atoms with Crippen molar-refractivity contribution in [1.29, 1.82) is 0 Å². The second-order valence-corrected chi connectivity index (χ2v) is 17.5. The van der Waals surface area contributed by atoms with Crippen LogP contribution in [0.25, 0.3) is 0 Å². The van der Waals surface area contributed by atoms with E-state index in [-0.39, 0.29) is 23.1 Å². The Morgan fingerprint density at radius 3 is 2.06 bits per heavy atom. The fourth-order valence-corrected chi connectivity index (χ4v) is 6.02. The molecule has 0 fully saturated rings. The third-order valence-corrected chi connectivity index (χ3v) is 12.3. The molecule has 2 aromatic carbocycles. The van der Waals surface area contributed by atoms with Crippen LogP contribution in [-0.4, -0.2) is 24.2 Å². The van der Waals surface area contributed by atoms with Crippen LogP contribution in [0.1, 0.15) is 71.7 Å². The van der Waals surface area contributed by atoms with Gasteiger partial charge < -0.3 is 9.74 Å². The Balaban J connectivity index is 2.34. The molecule has 33 heavy (non-hydrogen) atoms. The molecule has 2 rings (SSSR count). The highest BCUT2D eigenvalue weighted by Crippen LogP contribution is 2.40. The fraction of sp³-hybridized carbons (Fsp3) is 0.519. The maximum atomic E-state index is 13.7. The predicted molar refractivity (Wildman–Crippen MR) is 141 cm³/mol. The SMILES string of the molecule is C[C@@H](NC(=O)C(C)(C)C)c1ccccc1[S@@](=O)C[C@H](O[Si](C)(C)C(C)(C)C)c1ccccc1. The molecule has 0 aromatic heterocycles. The van der Waals surface area contributed by atoms with E-state index in [0.717, 1.165) is 16.0 Å². The molecule has 0 aliphatic heterocycles. The topological polar surface area (TPSA) is 55.4 Å². The van der Waals surface area contributed by atoms with E-state index in [0.29, 0.717) is 5.75 Å². The molecular weight excluding hydrogens is 446 g/mol. The summed E-state index contributed by atoms with van der Waals surface area (Å²) in [5, 5.41) is 3.12. The lowest BCUT2D eigenvalue weighted by molar-refractivity contribution is -0.129. The van der Waals surface area contributed by atoms with Gasteiger partial charge in [-0.25, -0.2) is 0 Å². The maximum Gasteiger partial charge on any atom is 0.225 e. The van der Waals surface area contributed by atoms with Crippen molar-refractivity contribution in [3.8, 4) is 0 Å². The van der Waals surface area contributed by atoms with Gasteiger partial charge in [-0.1, -0.05) is 90.1 Å². The van der Waals surface area contributed by atoms with E-state index in [9.17, 15) is 9.00 Å². The summed E-state index contributed by atoms with van der Waals surface area (Å²) < 4.78 is 20.5. The van der Waals surface area contributed by atoms with Crippen LogP contribution in [0.5, 0.6) is 0 Å². The minimum Gasteiger partial charge on any atom is -0.409 e. The molecule has 4 nitrogen and oxygen atoms in total. The average molecular weight is 488 g/mol. The third kappa shape index (κ3) is 7.36. The number of nitrogens with one attached hydrogen (secondary N) is 1. The van der Waals surface area contributed by atoms with Crippen molar-refractivity contribution in [2.24, 2.45) is 5.41 Å². The Kier molecular flexibility index (Phi) is 8.88. The van der Waals surface area contributed by atoms with E-state index in [1.54, 1.807) is 0 Å². The summed E-state index contributed by atoms with van der Waals surface area (Å²) in [4.78, 5) is 13.3. The van der Waals surface area contributed by atoms with Crippen LogP contribution in [0.4, 0.5) is 0 Å². The van der Waals surface area contributed by atoms with E-state index >= 15 is 0 Å². The second kappa shape index (κ2) is 10.7. The number of hydrogen-bond donors (Lipinski definition) is 1. The first kappa shape index (κ1) is 27.5. The highest BCUT2D eigenvalue weighted by atomic mass is 32.2. The molecule has 182 valence electrons. The fourth-order valence-electron chi connectivity index (χ4n) is 3.16. The highest BCUT2D eigenvalue weighted by Gasteiger charge is 2.40. The highest BCUT2D eigenvalue weighted by molar-refractivity contribution is 7.85. The van der Waals surface area contributed by atoms with Gasteiger partial charge in [-0.3, -0.25) is 9.00 Å². The lowest BCUT2D eigenvalue weighted by Crippen LogP contribution is -2.42. The molecule has 0 heterocycles. The molecule has 0 aliphatic carbocycles. The van der Waals surface area contributed by atoms with Crippen molar-refractivity contribution in [2.75, 3.05) is 5.75 Å². The lowest BCUT2D eigenvalue weighted by Gasteiger charge is -2.39. The van der Waals surface area contributed by atoms with E-state index in [1.807, 2.05) is 82.3 Å². The van der Waals surface area contributed by atoms with Gasteiger partial charge in [0, 0.05) is 10.3 Å². The van der Waals surface area contributed by atoms with Gasteiger partial charge in [0.15, 0.2) is 8.32 Å². The molecule has 6 heteroatoms. The van der Waals surface area contributed by atoms with Gasteiger partial charge in [-0.05, 0) is 42.2 Å². The summed E-state index contributed by atoms with van der Waals surface area (Å²) in [6.07, 6.45) is -0.263. The molecular formula is C27H41NO3SSi. The number of hydrogen-bond acceptors (Lipinski definition) is 3. The van der Waals surface area contributed by atoms with Gasteiger partial charge >= 0.3 is 0 Å². The molecule has 0 saturated carbocycles. The summed E-state index contributed by atoms with van der Waals surface area (Å²) in [5.74, 6) is 0.340. The minimum absolute atomic E-state index is 0.0287. The molecule has 2 aromatic rings. The normalized spacial score (nSPS) is 15.5. The van der Waals surface area contributed by atoms with Crippen LogP contribution in [0.3, 0.4) is 0 Å². The van der Waals surface area contributed by atoms with E-state index < -0.39 is 24.5 Å². The number of amides is 1. The maximum absolute atomic E-state index is 13.7. The van der Waals surface area contributed by atoms with Gasteiger partial charge in [0.2, 0.25) is 5.91 Å². The van der Waals surface area contributed by atoms with Crippen molar-refractivity contribution >= 4 is 25.0 Å². The molecule has 1 amide bonds. The molecule has 0 saturated heterocycles. The van der Waals surface area contributed by atoms with Gasteiger partial charge in [0.1, 0.15) is 0 Å². The first-order chi connectivity index (χ1) is 15.1. The first-order valence-corrected chi connectivity index (χ1v) is 15.9. The Morgan fingerprint density at radius 1 is 0.970 bits per heavy atom.